The molecule has 1 aliphatic heterocycles. The van der Waals surface area contributed by atoms with E-state index in [1.165, 1.54) is 21.3 Å². The lowest BCUT2D eigenvalue weighted by Gasteiger charge is -2.35. The smallest absolute Gasteiger partial charge is 0.338 e. The first-order valence-electron chi connectivity index (χ1n) is 12.1. The molecule has 1 N–H and O–H groups in total. The molecule has 3 aromatic rings. The van der Waals surface area contributed by atoms with E-state index >= 15 is 0 Å². The van der Waals surface area contributed by atoms with E-state index in [4.69, 9.17) is 28.4 Å². The highest BCUT2D eigenvalue weighted by atomic mass is 16.7. The second-order valence-corrected chi connectivity index (χ2v) is 9.34. The Morgan fingerprint density at radius 1 is 0.946 bits per heavy atom. The maximum absolute atomic E-state index is 13.3. The number of fused-ring (bicyclic) bond motifs is 4. The van der Waals surface area contributed by atoms with E-state index in [0.717, 1.165) is 5.56 Å². The number of aromatic hydroxyl groups is 1. The molecular weight excluding hydrogens is 476 g/mol. The molecule has 37 heavy (non-hydrogen) atoms. The maximum atomic E-state index is 13.3. The molecule has 3 aromatic carbocycles. The summed E-state index contributed by atoms with van der Waals surface area (Å²) in [5.74, 6) is 1.35. The SMILES string of the molecule is COc1cc2c(c(O)c1OC)-c1c(cc3c(c1OC)OCO3)C(OC(=O)c1ccccc1)C(C)C(C)C2. The van der Waals surface area contributed by atoms with Crippen molar-refractivity contribution in [2.24, 2.45) is 11.8 Å². The third-order valence-corrected chi connectivity index (χ3v) is 7.30. The standard InChI is InChI=1S/C29H30O8/c1-15-11-18-12-20(32-3)26(33-4)24(30)22(18)23-19(13-21-27(28(23)34-5)36-14-35-21)25(16(15)2)37-29(31)17-9-7-6-8-10-17/h6-10,12-13,15-16,25,30H,11,14H2,1-5H3. The summed E-state index contributed by atoms with van der Waals surface area (Å²) in [5, 5.41) is 11.5. The summed E-state index contributed by atoms with van der Waals surface area (Å²) in [6.07, 6.45) is -0.0809. The van der Waals surface area contributed by atoms with Crippen LogP contribution in [0, 0.1) is 11.8 Å². The number of methoxy groups -OCH3 is 3. The van der Waals surface area contributed by atoms with Crippen molar-refractivity contribution in [3.05, 3.63) is 59.2 Å². The third kappa shape index (κ3) is 4.06. The number of phenols is 1. The molecule has 8 nitrogen and oxygen atoms in total. The second-order valence-electron chi connectivity index (χ2n) is 9.34. The molecule has 3 unspecified atom stereocenters. The Hall–Kier alpha value is -4.07. The van der Waals surface area contributed by atoms with Crippen LogP contribution in [0.3, 0.4) is 0 Å². The van der Waals surface area contributed by atoms with Gasteiger partial charge in [-0.15, -0.1) is 0 Å². The molecule has 0 bridgehead atoms. The summed E-state index contributed by atoms with van der Waals surface area (Å²) in [4.78, 5) is 13.3. The van der Waals surface area contributed by atoms with Gasteiger partial charge in [-0.1, -0.05) is 32.0 Å². The van der Waals surface area contributed by atoms with E-state index in [9.17, 15) is 9.90 Å². The normalized spacial score (nSPS) is 19.6. The van der Waals surface area contributed by atoms with Gasteiger partial charge < -0.3 is 33.5 Å². The van der Waals surface area contributed by atoms with Crippen LogP contribution >= 0.6 is 0 Å². The number of carbonyl (C=O) groups excluding carboxylic acids is 1. The first-order valence-corrected chi connectivity index (χ1v) is 12.1. The van der Waals surface area contributed by atoms with Crippen molar-refractivity contribution in [2.75, 3.05) is 28.1 Å². The molecule has 2 aliphatic rings. The van der Waals surface area contributed by atoms with E-state index < -0.39 is 12.1 Å². The molecule has 0 saturated heterocycles. The quantitative estimate of drug-likeness (QED) is 0.451. The van der Waals surface area contributed by atoms with Crippen LogP contribution in [0.25, 0.3) is 11.1 Å². The summed E-state index contributed by atoms with van der Waals surface area (Å²) in [7, 11) is 4.54. The van der Waals surface area contributed by atoms with Crippen molar-refractivity contribution in [2.45, 2.75) is 26.4 Å². The molecule has 0 aromatic heterocycles. The lowest BCUT2D eigenvalue weighted by molar-refractivity contribution is 0.00701. The summed E-state index contributed by atoms with van der Waals surface area (Å²) in [6, 6.07) is 12.6. The van der Waals surface area contributed by atoms with Crippen molar-refractivity contribution in [1.29, 1.82) is 0 Å². The highest BCUT2D eigenvalue weighted by Gasteiger charge is 2.39. The van der Waals surface area contributed by atoms with Gasteiger partial charge in [-0.25, -0.2) is 4.79 Å². The zero-order valence-electron chi connectivity index (χ0n) is 21.5. The minimum absolute atomic E-state index is 0.0276. The number of rotatable bonds is 5. The Morgan fingerprint density at radius 3 is 2.35 bits per heavy atom. The Morgan fingerprint density at radius 2 is 1.68 bits per heavy atom. The van der Waals surface area contributed by atoms with Gasteiger partial charge >= 0.3 is 5.97 Å². The lowest BCUT2D eigenvalue weighted by Crippen LogP contribution is -2.26. The highest BCUT2D eigenvalue weighted by Crippen LogP contribution is 2.58. The van der Waals surface area contributed by atoms with Gasteiger partial charge in [0.05, 0.1) is 26.9 Å². The molecule has 0 spiro atoms. The Labute approximate surface area is 215 Å². The van der Waals surface area contributed by atoms with Gasteiger partial charge in [0, 0.05) is 22.6 Å². The summed E-state index contributed by atoms with van der Waals surface area (Å²) < 4.78 is 34.6. The van der Waals surface area contributed by atoms with Gasteiger partial charge in [-0.3, -0.25) is 0 Å². The van der Waals surface area contributed by atoms with Gasteiger partial charge in [0.15, 0.2) is 23.0 Å². The third-order valence-electron chi connectivity index (χ3n) is 7.30. The summed E-state index contributed by atoms with van der Waals surface area (Å²) in [5.41, 5.74) is 3.02. The van der Waals surface area contributed by atoms with E-state index in [1.54, 1.807) is 24.3 Å². The Bertz CT molecular complexity index is 1330. The van der Waals surface area contributed by atoms with Crippen molar-refractivity contribution < 1.29 is 38.3 Å². The molecule has 0 radical (unpaired) electrons. The molecule has 1 aliphatic carbocycles. The minimum atomic E-state index is -0.665. The molecule has 0 saturated carbocycles. The first-order chi connectivity index (χ1) is 17.9. The van der Waals surface area contributed by atoms with Gasteiger partial charge in [0.1, 0.15) is 6.10 Å². The number of hydrogen-bond acceptors (Lipinski definition) is 8. The Kier molecular flexibility index (Phi) is 6.50. The molecule has 5 rings (SSSR count). The van der Waals surface area contributed by atoms with Crippen LogP contribution in [0.2, 0.25) is 0 Å². The van der Waals surface area contributed by atoms with Crippen LogP contribution in [0.15, 0.2) is 42.5 Å². The van der Waals surface area contributed by atoms with Crippen LogP contribution in [-0.2, 0) is 11.2 Å². The molecule has 8 heteroatoms. The molecule has 194 valence electrons. The fraction of sp³-hybridized carbons (Fsp3) is 0.345. The number of benzene rings is 3. The fourth-order valence-corrected chi connectivity index (χ4v) is 5.22. The topological polar surface area (TPSA) is 92.7 Å². The predicted molar refractivity (Wildman–Crippen MR) is 136 cm³/mol. The second kappa shape index (κ2) is 9.76. The molecule has 3 atom stereocenters. The van der Waals surface area contributed by atoms with Gasteiger partial charge in [0.2, 0.25) is 18.3 Å². The number of hydrogen-bond donors (Lipinski definition) is 1. The van der Waals surface area contributed by atoms with E-state index in [-0.39, 0.29) is 30.1 Å². The Balaban J connectivity index is 1.80. The molecule has 0 fully saturated rings. The average Bonchev–Trinajstić information content (AvgIpc) is 3.38. The molecule has 0 amide bonds. The zero-order chi connectivity index (χ0) is 26.3. The average molecular weight is 507 g/mol. The van der Waals surface area contributed by atoms with Gasteiger partial charge in [0.25, 0.3) is 0 Å². The maximum Gasteiger partial charge on any atom is 0.338 e. The van der Waals surface area contributed by atoms with Crippen molar-refractivity contribution in [1.82, 2.24) is 0 Å². The number of ether oxygens (including phenoxy) is 6. The van der Waals surface area contributed by atoms with Crippen LogP contribution < -0.4 is 23.7 Å². The molecule has 1 heterocycles. The first kappa shape index (κ1) is 24.6. The van der Waals surface area contributed by atoms with E-state index in [2.05, 4.69) is 13.8 Å². The zero-order valence-corrected chi connectivity index (χ0v) is 21.5. The predicted octanol–water partition coefficient (Wildman–Crippen LogP) is 5.54. The summed E-state index contributed by atoms with van der Waals surface area (Å²) in [6.45, 7) is 4.18. The van der Waals surface area contributed by atoms with Gasteiger partial charge in [-0.05, 0) is 42.2 Å². The van der Waals surface area contributed by atoms with Crippen LogP contribution in [0.5, 0.6) is 34.5 Å². The number of carbonyl (C=O) groups is 1. The number of phenolic OH excluding ortho intramolecular Hbond substituents is 1. The van der Waals surface area contributed by atoms with E-state index in [1.807, 2.05) is 18.2 Å². The van der Waals surface area contributed by atoms with Crippen molar-refractivity contribution >= 4 is 5.97 Å². The fourth-order valence-electron chi connectivity index (χ4n) is 5.22. The van der Waals surface area contributed by atoms with Crippen molar-refractivity contribution in [3.8, 4) is 45.6 Å². The highest BCUT2D eigenvalue weighted by molar-refractivity contribution is 5.91. The lowest BCUT2D eigenvalue weighted by atomic mass is 9.76. The van der Waals surface area contributed by atoms with E-state index in [0.29, 0.717) is 51.7 Å². The minimum Gasteiger partial charge on any atom is -0.504 e. The van der Waals surface area contributed by atoms with Crippen LogP contribution in [0.1, 0.15) is 41.4 Å². The number of esters is 1. The monoisotopic (exact) mass is 506 g/mol. The van der Waals surface area contributed by atoms with Gasteiger partial charge in [-0.2, -0.15) is 0 Å². The summed E-state index contributed by atoms with van der Waals surface area (Å²) >= 11 is 0. The van der Waals surface area contributed by atoms with Crippen LogP contribution in [0.4, 0.5) is 0 Å². The van der Waals surface area contributed by atoms with Crippen LogP contribution in [-0.4, -0.2) is 39.2 Å². The molecular formula is C29H30O8. The largest absolute Gasteiger partial charge is 0.504 e. The van der Waals surface area contributed by atoms with Crippen molar-refractivity contribution in [3.63, 3.8) is 0 Å².